The Morgan fingerprint density at radius 2 is 2.33 bits per heavy atom. The second kappa shape index (κ2) is 5.86. The lowest BCUT2D eigenvalue weighted by Gasteiger charge is -2.20. The molecule has 1 N–H and O–H groups in total. The number of carbonyl (C=O) groups is 1. The Balaban J connectivity index is 1.62. The van der Waals surface area contributed by atoms with Crippen molar-refractivity contribution in [2.24, 2.45) is 0 Å². The minimum absolute atomic E-state index is 0.0457. The van der Waals surface area contributed by atoms with E-state index >= 15 is 0 Å². The maximum atomic E-state index is 12.1. The van der Waals surface area contributed by atoms with Crippen LogP contribution < -0.4 is 5.32 Å². The van der Waals surface area contributed by atoms with E-state index in [0.29, 0.717) is 16.8 Å². The summed E-state index contributed by atoms with van der Waals surface area (Å²) in [5.41, 5.74) is 0. The van der Waals surface area contributed by atoms with Crippen LogP contribution in [0.25, 0.3) is 0 Å². The highest BCUT2D eigenvalue weighted by molar-refractivity contribution is 7.15. The van der Waals surface area contributed by atoms with Crippen LogP contribution in [0.4, 0.5) is 5.13 Å². The smallest absolute Gasteiger partial charge is 0.240 e. The number of aryl methyl sites for hydroxylation is 2. The van der Waals surface area contributed by atoms with Gasteiger partial charge in [-0.25, -0.2) is 0 Å². The average Bonchev–Trinajstić information content (AvgIpc) is 3.12. The first-order valence-electron chi connectivity index (χ1n) is 6.76. The van der Waals surface area contributed by atoms with E-state index < -0.39 is 0 Å². The molecule has 21 heavy (non-hydrogen) atoms. The maximum absolute atomic E-state index is 12.1. The predicted octanol–water partition coefficient (Wildman–Crippen LogP) is 1.31. The Labute approximate surface area is 125 Å². The van der Waals surface area contributed by atoms with Crippen molar-refractivity contribution in [1.82, 2.24) is 25.2 Å². The van der Waals surface area contributed by atoms with E-state index in [-0.39, 0.29) is 18.5 Å². The lowest BCUT2D eigenvalue weighted by atomic mass is 10.2. The van der Waals surface area contributed by atoms with E-state index in [4.69, 9.17) is 4.52 Å². The quantitative estimate of drug-likeness (QED) is 0.909. The summed E-state index contributed by atoms with van der Waals surface area (Å²) in [6.45, 7) is 4.75. The Hall–Kier alpha value is -1.87. The molecule has 0 saturated carbocycles. The zero-order valence-electron chi connectivity index (χ0n) is 11.9. The van der Waals surface area contributed by atoms with Crippen molar-refractivity contribution in [3.05, 3.63) is 16.7 Å². The molecule has 0 bridgehead atoms. The van der Waals surface area contributed by atoms with Gasteiger partial charge in [0, 0.05) is 6.92 Å². The molecule has 0 radical (unpaired) electrons. The molecule has 0 unspecified atom stereocenters. The molecule has 1 saturated heterocycles. The van der Waals surface area contributed by atoms with Crippen LogP contribution in [-0.2, 0) is 4.79 Å². The summed E-state index contributed by atoms with van der Waals surface area (Å²) in [6.07, 6.45) is 1.95. The summed E-state index contributed by atoms with van der Waals surface area (Å²) >= 11 is 1.36. The molecule has 1 amide bonds. The van der Waals surface area contributed by atoms with Gasteiger partial charge in [0.25, 0.3) is 0 Å². The van der Waals surface area contributed by atoms with E-state index in [1.165, 1.54) is 11.3 Å². The second-order valence-electron chi connectivity index (χ2n) is 4.97. The summed E-state index contributed by atoms with van der Waals surface area (Å²) in [4.78, 5) is 18.4. The molecule has 1 aliphatic heterocycles. The van der Waals surface area contributed by atoms with Gasteiger partial charge in [0.15, 0.2) is 5.82 Å². The van der Waals surface area contributed by atoms with E-state index in [0.717, 1.165) is 24.4 Å². The van der Waals surface area contributed by atoms with Crippen molar-refractivity contribution in [3.8, 4) is 0 Å². The van der Waals surface area contributed by atoms with Crippen LogP contribution in [-0.4, -0.2) is 44.2 Å². The highest BCUT2D eigenvalue weighted by Gasteiger charge is 2.31. The lowest BCUT2D eigenvalue weighted by molar-refractivity contribution is -0.117. The molecule has 1 atom stereocenters. The average molecular weight is 308 g/mol. The van der Waals surface area contributed by atoms with Gasteiger partial charge in [-0.3, -0.25) is 15.0 Å². The van der Waals surface area contributed by atoms with E-state index in [1.54, 1.807) is 6.92 Å². The number of carbonyl (C=O) groups excluding carboxylic acids is 1. The largest absolute Gasteiger partial charge is 0.340 e. The van der Waals surface area contributed by atoms with Gasteiger partial charge in [-0.1, -0.05) is 16.5 Å². The van der Waals surface area contributed by atoms with Gasteiger partial charge < -0.3 is 4.52 Å². The van der Waals surface area contributed by atoms with Crippen LogP contribution in [0.3, 0.4) is 0 Å². The molecule has 1 fully saturated rings. The fraction of sp³-hybridized carbons (Fsp3) is 0.583. The van der Waals surface area contributed by atoms with Gasteiger partial charge in [-0.05, 0) is 26.3 Å². The van der Waals surface area contributed by atoms with Crippen molar-refractivity contribution < 1.29 is 9.32 Å². The standard InChI is InChI=1S/C12H16N6O2S/c1-7-13-11(17-20-7)9-4-3-5-18(9)6-10(19)14-12-16-15-8(2)21-12/h9H,3-6H2,1-2H3,(H,14,16,19)/t9-/m0/s1. The number of amides is 1. The third kappa shape index (κ3) is 3.24. The first-order valence-corrected chi connectivity index (χ1v) is 7.57. The number of aromatic nitrogens is 4. The summed E-state index contributed by atoms with van der Waals surface area (Å²) in [5, 5.41) is 15.9. The zero-order chi connectivity index (χ0) is 14.8. The molecule has 112 valence electrons. The molecule has 2 aromatic heterocycles. The molecule has 8 nitrogen and oxygen atoms in total. The number of hydrogen-bond donors (Lipinski definition) is 1. The Morgan fingerprint density at radius 3 is 3.00 bits per heavy atom. The summed E-state index contributed by atoms with van der Waals surface area (Å²) < 4.78 is 5.02. The first kappa shape index (κ1) is 14.1. The minimum atomic E-state index is -0.0988. The number of nitrogens with one attached hydrogen (secondary N) is 1. The number of rotatable bonds is 4. The third-order valence-electron chi connectivity index (χ3n) is 3.32. The van der Waals surface area contributed by atoms with Gasteiger partial charge in [-0.15, -0.1) is 10.2 Å². The van der Waals surface area contributed by atoms with Crippen molar-refractivity contribution in [1.29, 1.82) is 0 Å². The van der Waals surface area contributed by atoms with E-state index in [2.05, 4.69) is 30.6 Å². The molecule has 1 aliphatic rings. The minimum Gasteiger partial charge on any atom is -0.340 e. The number of likely N-dealkylation sites (tertiary alicyclic amines) is 1. The third-order valence-corrected chi connectivity index (χ3v) is 4.08. The van der Waals surface area contributed by atoms with Gasteiger partial charge in [0.05, 0.1) is 12.6 Å². The normalized spacial score (nSPS) is 19.0. The summed E-state index contributed by atoms with van der Waals surface area (Å²) in [6, 6.07) is 0.0457. The molecule has 0 spiro atoms. The number of anilines is 1. The van der Waals surface area contributed by atoms with Crippen molar-refractivity contribution in [2.75, 3.05) is 18.4 Å². The Morgan fingerprint density at radius 1 is 1.48 bits per heavy atom. The fourth-order valence-corrected chi connectivity index (χ4v) is 3.06. The van der Waals surface area contributed by atoms with Crippen LogP contribution in [0, 0.1) is 13.8 Å². The van der Waals surface area contributed by atoms with Crippen molar-refractivity contribution in [3.63, 3.8) is 0 Å². The molecular weight excluding hydrogens is 292 g/mol. The van der Waals surface area contributed by atoms with Crippen LogP contribution in [0.15, 0.2) is 4.52 Å². The van der Waals surface area contributed by atoms with E-state index in [1.807, 2.05) is 6.92 Å². The SMILES string of the molecule is Cc1nc([C@@H]2CCCN2CC(=O)Nc2nnc(C)s2)no1. The van der Waals surface area contributed by atoms with E-state index in [9.17, 15) is 4.79 Å². The molecule has 9 heteroatoms. The number of nitrogens with zero attached hydrogens (tertiary/aromatic N) is 5. The fourth-order valence-electron chi connectivity index (χ4n) is 2.45. The Kier molecular flexibility index (Phi) is 3.93. The highest BCUT2D eigenvalue weighted by Crippen LogP contribution is 2.29. The molecular formula is C12H16N6O2S. The van der Waals surface area contributed by atoms with Gasteiger partial charge >= 0.3 is 0 Å². The highest BCUT2D eigenvalue weighted by atomic mass is 32.1. The topological polar surface area (TPSA) is 97.0 Å². The molecule has 3 heterocycles. The van der Waals surface area contributed by atoms with Gasteiger partial charge in [0.2, 0.25) is 16.9 Å². The van der Waals surface area contributed by atoms with Crippen molar-refractivity contribution in [2.45, 2.75) is 32.7 Å². The monoisotopic (exact) mass is 308 g/mol. The molecule has 0 aliphatic carbocycles. The Bertz CT molecular complexity index is 639. The zero-order valence-corrected chi connectivity index (χ0v) is 12.7. The van der Waals surface area contributed by atoms with Gasteiger partial charge in [0.1, 0.15) is 5.01 Å². The summed E-state index contributed by atoms with van der Waals surface area (Å²) in [7, 11) is 0. The van der Waals surface area contributed by atoms with Gasteiger partial charge in [-0.2, -0.15) is 4.98 Å². The second-order valence-corrected chi connectivity index (χ2v) is 6.16. The maximum Gasteiger partial charge on any atom is 0.240 e. The molecule has 2 aromatic rings. The van der Waals surface area contributed by atoms with Crippen LogP contribution in [0.1, 0.15) is 35.6 Å². The van der Waals surface area contributed by atoms with Crippen LogP contribution in [0.5, 0.6) is 0 Å². The predicted molar refractivity (Wildman–Crippen MR) is 75.9 cm³/mol. The summed E-state index contributed by atoms with van der Waals surface area (Å²) in [5.74, 6) is 1.11. The molecule has 3 rings (SSSR count). The van der Waals surface area contributed by atoms with Crippen LogP contribution in [0.2, 0.25) is 0 Å². The first-order chi connectivity index (χ1) is 10.1. The van der Waals surface area contributed by atoms with Crippen LogP contribution >= 0.6 is 11.3 Å². The number of hydrogen-bond acceptors (Lipinski definition) is 8. The molecule has 0 aromatic carbocycles. The lowest BCUT2D eigenvalue weighted by Crippen LogP contribution is -2.33. The van der Waals surface area contributed by atoms with Crippen molar-refractivity contribution >= 4 is 22.4 Å².